The number of aldehydes is 1. The van der Waals surface area contributed by atoms with Crippen molar-refractivity contribution < 1.29 is 14.6 Å². The summed E-state index contributed by atoms with van der Waals surface area (Å²) in [5.74, 6) is 7.91. The van der Waals surface area contributed by atoms with E-state index < -0.39 is 6.10 Å². The molecule has 3 rings (SSSR count). The van der Waals surface area contributed by atoms with Crippen LogP contribution in [0.5, 0.6) is 5.75 Å². The quantitative estimate of drug-likeness (QED) is 0.320. The number of unbranched alkanes of at least 4 members (excludes halogenated alkanes) is 1. The first-order chi connectivity index (χ1) is 13.2. The molecule has 144 valence electrons. The average molecular weight is 367 g/mol. The summed E-state index contributed by atoms with van der Waals surface area (Å²) < 4.78 is 6.33. The van der Waals surface area contributed by atoms with E-state index in [0.717, 1.165) is 44.1 Å². The number of para-hydroxylation sites is 1. The molecule has 0 bridgehead atoms. The van der Waals surface area contributed by atoms with Crippen molar-refractivity contribution in [1.29, 1.82) is 0 Å². The number of allylic oxidation sites excluding steroid dienone is 1. The van der Waals surface area contributed by atoms with Gasteiger partial charge in [-0.05, 0) is 50.0 Å². The molecule has 27 heavy (non-hydrogen) atoms. The summed E-state index contributed by atoms with van der Waals surface area (Å²) in [7, 11) is 0. The second-order valence-corrected chi connectivity index (χ2v) is 7.80. The summed E-state index contributed by atoms with van der Waals surface area (Å²) in [6.45, 7) is 3.87. The number of aliphatic hydroxyl groups is 1. The van der Waals surface area contributed by atoms with Crippen LogP contribution in [0.3, 0.4) is 0 Å². The molecule has 1 aliphatic carbocycles. The molecule has 5 atom stereocenters. The molecule has 0 spiro atoms. The van der Waals surface area contributed by atoms with Crippen molar-refractivity contribution in [1.82, 2.24) is 0 Å². The first-order valence-electron chi connectivity index (χ1n) is 10.1. The number of carbonyl (C=O) groups excluding carboxylic acids is 1. The van der Waals surface area contributed by atoms with Crippen LogP contribution >= 0.6 is 0 Å². The van der Waals surface area contributed by atoms with Crippen LogP contribution in [0, 0.1) is 23.7 Å². The SMILES string of the molecule is CC#CCC(C)C(O)/C=C/C1CCC2Oc3c(CCCC=O)cccc3C12. The Bertz CT molecular complexity index is 740. The molecule has 2 aliphatic rings. The highest BCUT2D eigenvalue weighted by Gasteiger charge is 2.44. The number of hydrogen-bond donors (Lipinski definition) is 1. The lowest BCUT2D eigenvalue weighted by Gasteiger charge is -2.17. The minimum Gasteiger partial charge on any atom is -0.489 e. The molecule has 3 heteroatoms. The Kier molecular flexibility index (Phi) is 6.74. The molecule has 1 aromatic carbocycles. The average Bonchev–Trinajstić information content (AvgIpc) is 3.24. The molecule has 0 amide bonds. The van der Waals surface area contributed by atoms with Crippen LogP contribution in [0.2, 0.25) is 0 Å². The Morgan fingerprint density at radius 2 is 2.22 bits per heavy atom. The summed E-state index contributed by atoms with van der Waals surface area (Å²) in [5.41, 5.74) is 2.52. The Morgan fingerprint density at radius 1 is 1.37 bits per heavy atom. The van der Waals surface area contributed by atoms with E-state index >= 15 is 0 Å². The van der Waals surface area contributed by atoms with Gasteiger partial charge >= 0.3 is 0 Å². The van der Waals surface area contributed by atoms with Crippen LogP contribution < -0.4 is 4.74 Å². The zero-order chi connectivity index (χ0) is 19.2. The van der Waals surface area contributed by atoms with Crippen molar-refractivity contribution in [2.45, 2.75) is 70.5 Å². The third-order valence-corrected chi connectivity index (χ3v) is 5.91. The fourth-order valence-corrected chi connectivity index (χ4v) is 4.34. The third kappa shape index (κ3) is 4.45. The number of benzene rings is 1. The molecular formula is C24H30O3. The van der Waals surface area contributed by atoms with Crippen LogP contribution in [0.15, 0.2) is 30.4 Å². The van der Waals surface area contributed by atoms with Gasteiger partial charge in [0.25, 0.3) is 0 Å². The Hall–Kier alpha value is -2.05. The molecule has 0 saturated heterocycles. The lowest BCUT2D eigenvalue weighted by molar-refractivity contribution is -0.107. The van der Waals surface area contributed by atoms with E-state index in [1.54, 1.807) is 0 Å². The highest BCUT2D eigenvalue weighted by atomic mass is 16.5. The highest BCUT2D eigenvalue weighted by Crippen LogP contribution is 2.51. The molecule has 1 aromatic rings. The van der Waals surface area contributed by atoms with Crippen LogP contribution in [0.1, 0.15) is 63.0 Å². The zero-order valence-corrected chi connectivity index (χ0v) is 16.4. The Morgan fingerprint density at radius 3 is 3.00 bits per heavy atom. The minimum atomic E-state index is -0.457. The van der Waals surface area contributed by atoms with E-state index in [-0.39, 0.29) is 12.0 Å². The van der Waals surface area contributed by atoms with Gasteiger partial charge in [-0.2, -0.15) is 0 Å². The standard InChI is InChI=1S/C24H30O3/c1-3-4-8-17(2)21(26)14-12-18-13-15-22-23(18)20-11-7-10-19(24(20)27-22)9-5-6-16-25/h7,10-12,14,16-18,21-23,26H,5-6,8-9,13,15H2,1-2H3/b14-12+. The predicted octanol–water partition coefficient (Wildman–Crippen LogP) is 4.43. The third-order valence-electron chi connectivity index (χ3n) is 5.91. The van der Waals surface area contributed by atoms with Crippen LogP contribution in [0.25, 0.3) is 0 Å². The monoisotopic (exact) mass is 366 g/mol. The number of fused-ring (bicyclic) bond motifs is 3. The van der Waals surface area contributed by atoms with Gasteiger partial charge in [0, 0.05) is 24.3 Å². The maximum atomic E-state index is 10.6. The van der Waals surface area contributed by atoms with Crippen molar-refractivity contribution in [2.75, 3.05) is 0 Å². The van der Waals surface area contributed by atoms with Crippen LogP contribution in [-0.2, 0) is 11.2 Å². The smallest absolute Gasteiger partial charge is 0.126 e. The van der Waals surface area contributed by atoms with Gasteiger partial charge in [0.1, 0.15) is 18.1 Å². The maximum absolute atomic E-state index is 10.6. The number of hydrogen-bond acceptors (Lipinski definition) is 3. The number of aliphatic hydroxyl groups excluding tert-OH is 1. The summed E-state index contributed by atoms with van der Waals surface area (Å²) >= 11 is 0. The maximum Gasteiger partial charge on any atom is 0.126 e. The second kappa shape index (κ2) is 9.24. The van der Waals surface area contributed by atoms with Crippen molar-refractivity contribution >= 4 is 6.29 Å². The molecule has 1 aliphatic heterocycles. The van der Waals surface area contributed by atoms with Crippen LogP contribution in [-0.4, -0.2) is 23.6 Å². The van der Waals surface area contributed by atoms with Crippen molar-refractivity contribution in [2.24, 2.45) is 11.8 Å². The van der Waals surface area contributed by atoms with Gasteiger partial charge in [0.15, 0.2) is 0 Å². The molecular weight excluding hydrogens is 336 g/mol. The fourth-order valence-electron chi connectivity index (χ4n) is 4.34. The summed E-state index contributed by atoms with van der Waals surface area (Å²) in [6, 6.07) is 6.42. The molecule has 3 nitrogen and oxygen atoms in total. The second-order valence-electron chi connectivity index (χ2n) is 7.80. The fraction of sp³-hybridized carbons (Fsp3) is 0.542. The summed E-state index contributed by atoms with van der Waals surface area (Å²) in [5, 5.41) is 10.4. The van der Waals surface area contributed by atoms with Crippen molar-refractivity contribution in [3.05, 3.63) is 41.5 Å². The normalized spacial score (nSPS) is 25.2. The first kappa shape index (κ1) is 19.7. The molecule has 0 aromatic heterocycles. The van der Waals surface area contributed by atoms with Gasteiger partial charge in [0.05, 0.1) is 6.10 Å². The van der Waals surface area contributed by atoms with Gasteiger partial charge in [-0.1, -0.05) is 37.3 Å². The molecule has 1 saturated carbocycles. The zero-order valence-electron chi connectivity index (χ0n) is 16.4. The van der Waals surface area contributed by atoms with E-state index in [9.17, 15) is 9.90 Å². The van der Waals surface area contributed by atoms with Crippen LogP contribution in [0.4, 0.5) is 0 Å². The van der Waals surface area contributed by atoms with Crippen molar-refractivity contribution in [3.8, 4) is 17.6 Å². The lowest BCUT2D eigenvalue weighted by Crippen LogP contribution is -2.17. The van der Waals surface area contributed by atoms with Gasteiger partial charge < -0.3 is 14.6 Å². The molecule has 1 heterocycles. The number of carbonyl (C=O) groups is 1. The molecule has 1 N–H and O–H groups in total. The molecule has 0 radical (unpaired) electrons. The van der Waals surface area contributed by atoms with E-state index in [0.29, 0.717) is 18.3 Å². The number of ether oxygens (including phenoxy) is 1. The lowest BCUT2D eigenvalue weighted by atomic mass is 9.86. The Balaban J connectivity index is 1.71. The van der Waals surface area contributed by atoms with E-state index in [4.69, 9.17) is 4.74 Å². The molecule has 1 fully saturated rings. The highest BCUT2D eigenvalue weighted by molar-refractivity contribution is 5.51. The summed E-state index contributed by atoms with van der Waals surface area (Å²) in [6.07, 6.45) is 10.1. The Labute approximate surface area is 162 Å². The predicted molar refractivity (Wildman–Crippen MR) is 108 cm³/mol. The van der Waals surface area contributed by atoms with Gasteiger partial charge in [-0.3, -0.25) is 0 Å². The van der Waals surface area contributed by atoms with E-state index in [2.05, 4.69) is 36.1 Å². The van der Waals surface area contributed by atoms with Crippen molar-refractivity contribution in [3.63, 3.8) is 0 Å². The van der Waals surface area contributed by atoms with E-state index in [1.165, 1.54) is 11.1 Å². The van der Waals surface area contributed by atoms with Gasteiger partial charge in [-0.15, -0.1) is 11.8 Å². The minimum absolute atomic E-state index is 0.141. The van der Waals surface area contributed by atoms with Gasteiger partial charge in [0.2, 0.25) is 0 Å². The first-order valence-corrected chi connectivity index (χ1v) is 10.1. The largest absolute Gasteiger partial charge is 0.489 e. The number of rotatable bonds is 8. The van der Waals surface area contributed by atoms with Gasteiger partial charge in [-0.25, -0.2) is 0 Å². The van der Waals surface area contributed by atoms with E-state index in [1.807, 2.05) is 19.9 Å². The summed E-state index contributed by atoms with van der Waals surface area (Å²) in [4.78, 5) is 10.6. The number of aryl methyl sites for hydroxylation is 1. The topological polar surface area (TPSA) is 46.5 Å². The molecule has 5 unspecified atom stereocenters.